The molecule has 0 aliphatic rings. The molecule has 3 heteroatoms. The molecule has 0 atom stereocenters. The van der Waals surface area contributed by atoms with Gasteiger partial charge in [0.15, 0.2) is 0 Å². The minimum absolute atomic E-state index is 0.743. The minimum atomic E-state index is 0.743. The second-order valence-electron chi connectivity index (χ2n) is 4.63. The van der Waals surface area contributed by atoms with Crippen LogP contribution in [0.1, 0.15) is 24.5 Å². The van der Waals surface area contributed by atoms with Gasteiger partial charge < -0.3 is 16.2 Å². The van der Waals surface area contributed by atoms with Gasteiger partial charge in [-0.1, -0.05) is 19.1 Å². The van der Waals surface area contributed by atoms with Gasteiger partial charge >= 0.3 is 0 Å². The third-order valence-electron chi connectivity index (χ3n) is 2.96. The Morgan fingerprint density at radius 2 is 1.74 bits per heavy atom. The van der Waals surface area contributed by atoms with Crippen molar-refractivity contribution in [3.05, 3.63) is 53.6 Å². The van der Waals surface area contributed by atoms with Gasteiger partial charge in [0.05, 0.1) is 6.61 Å². The second kappa shape index (κ2) is 6.14. The standard InChI is InChI=1S/C16H20N2O/c1-2-9-19-15-6-3-12(4-7-15)10-13-11-14(17)5-8-16(13)18/h3-8,11H,2,9-10,17-18H2,1H3. The van der Waals surface area contributed by atoms with Crippen molar-refractivity contribution in [2.24, 2.45) is 0 Å². The molecule has 0 aliphatic carbocycles. The van der Waals surface area contributed by atoms with Crippen LogP contribution >= 0.6 is 0 Å². The third kappa shape index (κ3) is 3.65. The monoisotopic (exact) mass is 256 g/mol. The number of hydrogen-bond acceptors (Lipinski definition) is 3. The Bertz CT molecular complexity index is 535. The summed E-state index contributed by atoms with van der Waals surface area (Å²) in [6, 6.07) is 13.7. The Morgan fingerprint density at radius 1 is 1.00 bits per heavy atom. The lowest BCUT2D eigenvalue weighted by Gasteiger charge is -2.08. The highest BCUT2D eigenvalue weighted by molar-refractivity contribution is 5.56. The highest BCUT2D eigenvalue weighted by Crippen LogP contribution is 2.21. The van der Waals surface area contributed by atoms with Crippen molar-refractivity contribution < 1.29 is 4.74 Å². The first-order chi connectivity index (χ1) is 9.19. The molecule has 4 N–H and O–H groups in total. The van der Waals surface area contributed by atoms with Crippen molar-refractivity contribution in [3.63, 3.8) is 0 Å². The average molecular weight is 256 g/mol. The number of anilines is 2. The topological polar surface area (TPSA) is 61.3 Å². The number of hydrogen-bond donors (Lipinski definition) is 2. The normalized spacial score (nSPS) is 10.4. The highest BCUT2D eigenvalue weighted by atomic mass is 16.5. The van der Waals surface area contributed by atoms with Crippen LogP contribution in [0.3, 0.4) is 0 Å². The van der Waals surface area contributed by atoms with E-state index >= 15 is 0 Å². The van der Waals surface area contributed by atoms with Gasteiger partial charge in [-0.3, -0.25) is 0 Å². The van der Waals surface area contributed by atoms with Crippen molar-refractivity contribution in [1.29, 1.82) is 0 Å². The summed E-state index contributed by atoms with van der Waals surface area (Å²) in [4.78, 5) is 0. The average Bonchev–Trinajstić information content (AvgIpc) is 2.42. The van der Waals surface area contributed by atoms with Gasteiger partial charge in [-0.05, 0) is 54.3 Å². The number of ether oxygens (including phenoxy) is 1. The van der Waals surface area contributed by atoms with Crippen LogP contribution in [0.4, 0.5) is 11.4 Å². The summed E-state index contributed by atoms with van der Waals surface area (Å²) in [5.74, 6) is 0.908. The molecule has 0 unspecified atom stereocenters. The van der Waals surface area contributed by atoms with Gasteiger partial charge in [-0.2, -0.15) is 0 Å². The van der Waals surface area contributed by atoms with E-state index in [2.05, 4.69) is 19.1 Å². The lowest BCUT2D eigenvalue weighted by Crippen LogP contribution is -1.98. The predicted molar refractivity (Wildman–Crippen MR) is 80.3 cm³/mol. The molecule has 0 fully saturated rings. The zero-order valence-corrected chi connectivity index (χ0v) is 11.2. The van der Waals surface area contributed by atoms with Crippen molar-refractivity contribution in [3.8, 4) is 5.75 Å². The van der Waals surface area contributed by atoms with Crippen LogP contribution in [0.5, 0.6) is 5.75 Å². The first-order valence-corrected chi connectivity index (χ1v) is 6.54. The van der Waals surface area contributed by atoms with Crippen molar-refractivity contribution in [2.75, 3.05) is 18.1 Å². The molecule has 0 aromatic heterocycles. The Labute approximate surface area is 114 Å². The van der Waals surface area contributed by atoms with E-state index in [-0.39, 0.29) is 0 Å². The molecular formula is C16H20N2O. The van der Waals surface area contributed by atoms with E-state index in [4.69, 9.17) is 16.2 Å². The van der Waals surface area contributed by atoms with E-state index in [1.165, 1.54) is 5.56 Å². The van der Waals surface area contributed by atoms with Crippen LogP contribution in [0, 0.1) is 0 Å². The molecule has 0 heterocycles. The molecule has 2 aromatic rings. The molecule has 0 radical (unpaired) electrons. The number of nitrogens with two attached hydrogens (primary N) is 2. The quantitative estimate of drug-likeness (QED) is 0.807. The Kier molecular flexibility index (Phi) is 4.29. The van der Waals surface area contributed by atoms with E-state index in [1.807, 2.05) is 30.3 Å². The van der Waals surface area contributed by atoms with Gasteiger partial charge in [0.2, 0.25) is 0 Å². The smallest absolute Gasteiger partial charge is 0.119 e. The van der Waals surface area contributed by atoms with Crippen LogP contribution in [-0.2, 0) is 6.42 Å². The molecule has 0 bridgehead atoms. The first kappa shape index (κ1) is 13.3. The lowest BCUT2D eigenvalue weighted by atomic mass is 10.0. The van der Waals surface area contributed by atoms with Crippen LogP contribution < -0.4 is 16.2 Å². The van der Waals surface area contributed by atoms with Gasteiger partial charge in [0, 0.05) is 11.4 Å². The van der Waals surface area contributed by atoms with Crippen molar-refractivity contribution >= 4 is 11.4 Å². The SMILES string of the molecule is CCCOc1ccc(Cc2cc(N)ccc2N)cc1. The summed E-state index contributed by atoms with van der Waals surface area (Å²) in [6.07, 6.45) is 1.80. The Balaban J connectivity index is 2.08. The maximum Gasteiger partial charge on any atom is 0.119 e. The molecule has 0 saturated carbocycles. The Morgan fingerprint density at radius 3 is 2.42 bits per heavy atom. The van der Waals surface area contributed by atoms with Crippen molar-refractivity contribution in [2.45, 2.75) is 19.8 Å². The summed E-state index contributed by atoms with van der Waals surface area (Å²) < 4.78 is 5.56. The largest absolute Gasteiger partial charge is 0.494 e. The maximum absolute atomic E-state index is 5.95. The van der Waals surface area contributed by atoms with E-state index < -0.39 is 0 Å². The van der Waals surface area contributed by atoms with Gasteiger partial charge in [-0.15, -0.1) is 0 Å². The second-order valence-corrected chi connectivity index (χ2v) is 4.63. The van der Waals surface area contributed by atoms with Crippen LogP contribution in [-0.4, -0.2) is 6.61 Å². The summed E-state index contributed by atoms with van der Waals surface area (Å²) in [5, 5.41) is 0. The fourth-order valence-electron chi connectivity index (χ4n) is 1.92. The fourth-order valence-corrected chi connectivity index (χ4v) is 1.92. The molecule has 0 spiro atoms. The summed E-state index contributed by atoms with van der Waals surface area (Å²) in [6.45, 7) is 2.85. The minimum Gasteiger partial charge on any atom is -0.494 e. The van der Waals surface area contributed by atoms with E-state index in [1.54, 1.807) is 0 Å². The first-order valence-electron chi connectivity index (χ1n) is 6.54. The lowest BCUT2D eigenvalue weighted by molar-refractivity contribution is 0.317. The Hall–Kier alpha value is -2.16. The maximum atomic E-state index is 5.95. The number of nitrogen functional groups attached to an aromatic ring is 2. The fraction of sp³-hybridized carbons (Fsp3) is 0.250. The van der Waals surface area contributed by atoms with E-state index in [0.717, 1.165) is 42.1 Å². The summed E-state index contributed by atoms with van der Waals surface area (Å²) in [5.41, 5.74) is 15.5. The van der Waals surface area contributed by atoms with Crippen LogP contribution in [0.15, 0.2) is 42.5 Å². The molecule has 100 valence electrons. The third-order valence-corrected chi connectivity index (χ3v) is 2.96. The van der Waals surface area contributed by atoms with Crippen LogP contribution in [0.2, 0.25) is 0 Å². The molecule has 0 amide bonds. The highest BCUT2D eigenvalue weighted by Gasteiger charge is 2.02. The van der Waals surface area contributed by atoms with Crippen molar-refractivity contribution in [1.82, 2.24) is 0 Å². The molecule has 2 rings (SSSR count). The molecule has 2 aromatic carbocycles. The number of rotatable bonds is 5. The van der Waals surface area contributed by atoms with Gasteiger partial charge in [0.25, 0.3) is 0 Å². The molecular weight excluding hydrogens is 236 g/mol. The predicted octanol–water partition coefficient (Wildman–Crippen LogP) is 3.23. The zero-order chi connectivity index (χ0) is 13.7. The molecule has 3 nitrogen and oxygen atoms in total. The zero-order valence-electron chi connectivity index (χ0n) is 11.2. The molecule has 0 aliphatic heterocycles. The van der Waals surface area contributed by atoms with E-state index in [0.29, 0.717) is 0 Å². The summed E-state index contributed by atoms with van der Waals surface area (Å²) in [7, 11) is 0. The van der Waals surface area contributed by atoms with Gasteiger partial charge in [0.1, 0.15) is 5.75 Å². The summed E-state index contributed by atoms with van der Waals surface area (Å²) >= 11 is 0. The molecule has 19 heavy (non-hydrogen) atoms. The van der Waals surface area contributed by atoms with E-state index in [9.17, 15) is 0 Å². The van der Waals surface area contributed by atoms with Crippen LogP contribution in [0.25, 0.3) is 0 Å². The number of benzene rings is 2. The van der Waals surface area contributed by atoms with Gasteiger partial charge in [-0.25, -0.2) is 0 Å². The molecule has 0 saturated heterocycles.